The molecule has 0 spiro atoms. The molecule has 2 aromatic rings. The van der Waals surface area contributed by atoms with Crippen molar-refractivity contribution in [1.82, 2.24) is 10.2 Å². The Labute approximate surface area is 168 Å². The first-order valence-electron chi connectivity index (χ1n) is 8.15. The molecule has 0 bridgehead atoms. The number of nitrogens with one attached hydrogen (secondary N) is 2. The van der Waals surface area contributed by atoms with Crippen LogP contribution in [0.1, 0.15) is 29.8 Å². The summed E-state index contributed by atoms with van der Waals surface area (Å²) in [5.41, 5.74) is 3.06. The Morgan fingerprint density at radius 2 is 1.78 bits per heavy atom. The SMILES string of the molecule is CC(C)CNS(=O)(=O)c1cc(C(=O)NOCc2ccccc2)c(Cl)cc1Cl. The van der Waals surface area contributed by atoms with Gasteiger partial charge in [-0.1, -0.05) is 67.4 Å². The van der Waals surface area contributed by atoms with Crippen LogP contribution in [0.2, 0.25) is 10.0 Å². The summed E-state index contributed by atoms with van der Waals surface area (Å²) in [6, 6.07) is 11.6. The van der Waals surface area contributed by atoms with Gasteiger partial charge >= 0.3 is 0 Å². The summed E-state index contributed by atoms with van der Waals surface area (Å²) < 4.78 is 27.3. The highest BCUT2D eigenvalue weighted by molar-refractivity contribution is 7.89. The van der Waals surface area contributed by atoms with Crippen LogP contribution in [0.25, 0.3) is 0 Å². The molecule has 0 aromatic heterocycles. The number of hydrogen-bond donors (Lipinski definition) is 2. The van der Waals surface area contributed by atoms with E-state index in [4.69, 9.17) is 28.0 Å². The predicted molar refractivity (Wildman–Crippen MR) is 105 cm³/mol. The van der Waals surface area contributed by atoms with Crippen LogP contribution in [0, 0.1) is 5.92 Å². The Kier molecular flexibility index (Phi) is 7.64. The van der Waals surface area contributed by atoms with Crippen molar-refractivity contribution in [3.8, 4) is 0 Å². The highest BCUT2D eigenvalue weighted by atomic mass is 35.5. The average molecular weight is 431 g/mol. The number of hydrogen-bond acceptors (Lipinski definition) is 4. The molecule has 0 fully saturated rings. The fourth-order valence-electron chi connectivity index (χ4n) is 2.08. The van der Waals surface area contributed by atoms with E-state index in [1.54, 1.807) is 0 Å². The summed E-state index contributed by atoms with van der Waals surface area (Å²) in [7, 11) is -3.88. The molecule has 0 radical (unpaired) electrons. The van der Waals surface area contributed by atoms with Crippen LogP contribution in [0.3, 0.4) is 0 Å². The summed E-state index contributed by atoms with van der Waals surface area (Å²) in [5, 5.41) is -0.0540. The van der Waals surface area contributed by atoms with Crippen LogP contribution in [0.15, 0.2) is 47.4 Å². The molecule has 1 amide bonds. The van der Waals surface area contributed by atoms with Crippen molar-refractivity contribution in [2.75, 3.05) is 6.54 Å². The first kappa shape index (κ1) is 21.7. The molecule has 2 N–H and O–H groups in total. The molecule has 0 aliphatic heterocycles. The molecule has 9 heteroatoms. The van der Waals surface area contributed by atoms with Gasteiger partial charge in [0, 0.05) is 6.54 Å². The highest BCUT2D eigenvalue weighted by Gasteiger charge is 2.23. The Hall–Kier alpha value is -1.64. The molecule has 0 aliphatic carbocycles. The number of amides is 1. The first-order valence-corrected chi connectivity index (χ1v) is 10.4. The average Bonchev–Trinajstić information content (AvgIpc) is 2.60. The van der Waals surface area contributed by atoms with Gasteiger partial charge in [-0.25, -0.2) is 18.6 Å². The summed E-state index contributed by atoms with van der Waals surface area (Å²) in [6.07, 6.45) is 0. The van der Waals surface area contributed by atoms with Crippen LogP contribution in [-0.4, -0.2) is 20.9 Å². The Bertz CT molecular complexity index is 903. The topological polar surface area (TPSA) is 84.5 Å². The number of rotatable bonds is 8. The second kappa shape index (κ2) is 9.52. The first-order chi connectivity index (χ1) is 12.7. The van der Waals surface area contributed by atoms with Crippen LogP contribution in [-0.2, 0) is 21.5 Å². The van der Waals surface area contributed by atoms with Crippen molar-refractivity contribution >= 4 is 39.1 Å². The van der Waals surface area contributed by atoms with E-state index in [0.29, 0.717) is 0 Å². The quantitative estimate of drug-likeness (QED) is 0.623. The Morgan fingerprint density at radius 3 is 2.41 bits per heavy atom. The molecule has 0 saturated carbocycles. The monoisotopic (exact) mass is 430 g/mol. The maximum atomic E-state index is 12.4. The maximum Gasteiger partial charge on any atom is 0.276 e. The van der Waals surface area contributed by atoms with Gasteiger partial charge in [0.15, 0.2) is 0 Å². The van der Waals surface area contributed by atoms with Gasteiger partial charge < -0.3 is 0 Å². The second-order valence-electron chi connectivity index (χ2n) is 6.21. The fourth-order valence-corrected chi connectivity index (χ4v) is 4.15. The summed E-state index contributed by atoms with van der Waals surface area (Å²) in [6.45, 7) is 4.13. The minimum Gasteiger partial charge on any atom is -0.269 e. The summed E-state index contributed by atoms with van der Waals surface area (Å²) in [4.78, 5) is 17.3. The van der Waals surface area contributed by atoms with Crippen LogP contribution in [0.5, 0.6) is 0 Å². The molecule has 6 nitrogen and oxygen atoms in total. The zero-order chi connectivity index (χ0) is 20.0. The van der Waals surface area contributed by atoms with Crippen molar-refractivity contribution in [3.63, 3.8) is 0 Å². The minimum atomic E-state index is -3.88. The minimum absolute atomic E-state index is 0.0172. The number of carbonyl (C=O) groups is 1. The summed E-state index contributed by atoms with van der Waals surface area (Å²) in [5.74, 6) is -0.562. The normalized spacial score (nSPS) is 11.6. The maximum absolute atomic E-state index is 12.4. The lowest BCUT2D eigenvalue weighted by atomic mass is 10.2. The third kappa shape index (κ3) is 6.19. The lowest BCUT2D eigenvalue weighted by molar-refractivity contribution is 0.0233. The lowest BCUT2D eigenvalue weighted by Crippen LogP contribution is -2.29. The largest absolute Gasteiger partial charge is 0.276 e. The van der Waals surface area contributed by atoms with E-state index in [1.807, 2.05) is 44.2 Å². The van der Waals surface area contributed by atoms with Gasteiger partial charge in [-0.05, 0) is 23.6 Å². The van der Waals surface area contributed by atoms with E-state index in [1.165, 1.54) is 6.07 Å². The highest BCUT2D eigenvalue weighted by Crippen LogP contribution is 2.28. The Balaban J connectivity index is 2.15. The van der Waals surface area contributed by atoms with Crippen molar-refractivity contribution < 1.29 is 18.0 Å². The van der Waals surface area contributed by atoms with Gasteiger partial charge in [0.25, 0.3) is 5.91 Å². The van der Waals surface area contributed by atoms with Crippen molar-refractivity contribution in [3.05, 3.63) is 63.6 Å². The van der Waals surface area contributed by atoms with Gasteiger partial charge in [0.1, 0.15) is 4.90 Å². The molecule has 0 heterocycles. The number of benzene rings is 2. The molecule has 0 saturated heterocycles. The smallest absolute Gasteiger partial charge is 0.269 e. The molecule has 0 aliphatic rings. The van der Waals surface area contributed by atoms with Crippen molar-refractivity contribution in [2.45, 2.75) is 25.3 Å². The molecule has 0 unspecified atom stereocenters. The van der Waals surface area contributed by atoms with E-state index < -0.39 is 15.9 Å². The van der Waals surface area contributed by atoms with Gasteiger partial charge in [0.05, 0.1) is 22.2 Å². The number of halogens is 2. The van der Waals surface area contributed by atoms with Gasteiger partial charge in [-0.2, -0.15) is 0 Å². The van der Waals surface area contributed by atoms with Crippen LogP contribution >= 0.6 is 23.2 Å². The number of hydroxylamine groups is 1. The molecule has 27 heavy (non-hydrogen) atoms. The zero-order valence-electron chi connectivity index (χ0n) is 14.8. The second-order valence-corrected chi connectivity index (χ2v) is 8.76. The molecule has 146 valence electrons. The van der Waals surface area contributed by atoms with Gasteiger partial charge in [-0.15, -0.1) is 0 Å². The van der Waals surface area contributed by atoms with Gasteiger partial charge in [-0.3, -0.25) is 9.63 Å². The number of sulfonamides is 1. The van der Waals surface area contributed by atoms with E-state index in [-0.39, 0.29) is 39.6 Å². The zero-order valence-corrected chi connectivity index (χ0v) is 17.2. The van der Waals surface area contributed by atoms with Gasteiger partial charge in [0.2, 0.25) is 10.0 Å². The molecule has 0 atom stereocenters. The van der Waals surface area contributed by atoms with Crippen LogP contribution in [0.4, 0.5) is 0 Å². The molecule has 2 rings (SSSR count). The standard InChI is InChI=1S/C18H20Cl2N2O4S/c1-12(2)10-21-27(24,25)17-8-14(15(19)9-16(17)20)18(23)22-26-11-13-6-4-3-5-7-13/h3-9,12,21H,10-11H2,1-2H3,(H,22,23). The lowest BCUT2D eigenvalue weighted by Gasteiger charge is -2.13. The van der Waals surface area contributed by atoms with Crippen LogP contribution < -0.4 is 10.2 Å². The molecule has 2 aromatic carbocycles. The van der Waals surface area contributed by atoms with E-state index in [9.17, 15) is 13.2 Å². The predicted octanol–water partition coefficient (Wildman–Crippen LogP) is 3.79. The van der Waals surface area contributed by atoms with Crippen molar-refractivity contribution in [1.29, 1.82) is 0 Å². The fraction of sp³-hybridized carbons (Fsp3) is 0.278. The molecular formula is C18H20Cl2N2O4S. The Morgan fingerprint density at radius 1 is 1.11 bits per heavy atom. The van der Waals surface area contributed by atoms with E-state index in [2.05, 4.69) is 10.2 Å². The van der Waals surface area contributed by atoms with E-state index in [0.717, 1.165) is 11.6 Å². The summed E-state index contributed by atoms with van der Waals surface area (Å²) >= 11 is 12.1. The molecular weight excluding hydrogens is 411 g/mol. The third-order valence-corrected chi connectivity index (χ3v) is 5.68. The number of carbonyl (C=O) groups excluding carboxylic acids is 1. The third-order valence-electron chi connectivity index (χ3n) is 3.48. The van der Waals surface area contributed by atoms with Crippen molar-refractivity contribution in [2.24, 2.45) is 5.92 Å². The van der Waals surface area contributed by atoms with E-state index >= 15 is 0 Å².